The number of anilines is 1. The van der Waals surface area contributed by atoms with Crippen LogP contribution in [0.5, 0.6) is 11.5 Å². The van der Waals surface area contributed by atoms with Crippen molar-refractivity contribution in [2.75, 3.05) is 19.5 Å². The van der Waals surface area contributed by atoms with Crippen LogP contribution in [-0.2, 0) is 0 Å². The first-order valence-electron chi connectivity index (χ1n) is 5.08. The number of fused-ring (bicyclic) bond motifs is 1. The van der Waals surface area contributed by atoms with Crippen molar-refractivity contribution in [1.82, 2.24) is 0 Å². The molecule has 0 fully saturated rings. The molecule has 1 aromatic carbocycles. The minimum Gasteiger partial charge on any atom is -0.493 e. The van der Waals surface area contributed by atoms with Gasteiger partial charge in [0.25, 0.3) is 0 Å². The molecule has 86 valence electrons. The molecule has 1 N–H and O–H groups in total. The van der Waals surface area contributed by atoms with Crippen molar-refractivity contribution in [2.24, 2.45) is 0 Å². The summed E-state index contributed by atoms with van der Waals surface area (Å²) in [4.78, 5) is 12.0. The zero-order chi connectivity index (χ0) is 11.9. The summed E-state index contributed by atoms with van der Waals surface area (Å²) in [6, 6.07) is 3.51. The van der Waals surface area contributed by atoms with Gasteiger partial charge in [-0.05, 0) is 19.9 Å². The lowest BCUT2D eigenvalue weighted by Gasteiger charge is -2.16. The summed E-state index contributed by atoms with van der Waals surface area (Å²) in [6.45, 7) is 3.71. The van der Waals surface area contributed by atoms with Gasteiger partial charge in [-0.2, -0.15) is 0 Å². The molecule has 0 saturated carbocycles. The van der Waals surface area contributed by atoms with Gasteiger partial charge in [-0.1, -0.05) is 0 Å². The number of ketones is 1. The van der Waals surface area contributed by atoms with E-state index in [1.54, 1.807) is 26.4 Å². The number of hydrogen-bond donors (Lipinski definition) is 1. The summed E-state index contributed by atoms with van der Waals surface area (Å²) in [7, 11) is 3.13. The second kappa shape index (κ2) is 3.40. The molecule has 2 rings (SSSR count). The first kappa shape index (κ1) is 10.8. The SMILES string of the molecule is COc1cc2c(cc1OC)C(=O)C(C)(C)N2. The van der Waals surface area contributed by atoms with E-state index in [9.17, 15) is 4.79 Å². The van der Waals surface area contributed by atoms with Gasteiger partial charge >= 0.3 is 0 Å². The zero-order valence-corrected chi connectivity index (χ0v) is 9.88. The van der Waals surface area contributed by atoms with Crippen LogP contribution in [-0.4, -0.2) is 25.5 Å². The van der Waals surface area contributed by atoms with E-state index < -0.39 is 5.54 Å². The molecule has 0 aliphatic carbocycles. The third-order valence-corrected chi connectivity index (χ3v) is 2.78. The first-order valence-corrected chi connectivity index (χ1v) is 5.08. The smallest absolute Gasteiger partial charge is 0.189 e. The first-order chi connectivity index (χ1) is 7.49. The number of methoxy groups -OCH3 is 2. The Hall–Kier alpha value is -1.71. The Kier molecular flexibility index (Phi) is 2.30. The van der Waals surface area contributed by atoms with Gasteiger partial charge < -0.3 is 14.8 Å². The van der Waals surface area contributed by atoms with Crippen molar-refractivity contribution in [2.45, 2.75) is 19.4 Å². The summed E-state index contributed by atoms with van der Waals surface area (Å²) < 4.78 is 10.4. The zero-order valence-electron chi connectivity index (χ0n) is 9.88. The molecule has 0 radical (unpaired) electrons. The molecular formula is C12H15NO3. The van der Waals surface area contributed by atoms with Crippen LogP contribution in [0.2, 0.25) is 0 Å². The van der Waals surface area contributed by atoms with E-state index in [2.05, 4.69) is 5.32 Å². The lowest BCUT2D eigenvalue weighted by Crippen LogP contribution is -2.33. The number of ether oxygens (including phenoxy) is 2. The largest absolute Gasteiger partial charge is 0.493 e. The van der Waals surface area contributed by atoms with Gasteiger partial charge in [-0.3, -0.25) is 4.79 Å². The lowest BCUT2D eigenvalue weighted by atomic mass is 9.98. The second-order valence-electron chi connectivity index (χ2n) is 4.33. The third-order valence-electron chi connectivity index (χ3n) is 2.78. The van der Waals surface area contributed by atoms with Crippen LogP contribution in [0.1, 0.15) is 24.2 Å². The van der Waals surface area contributed by atoms with Crippen LogP contribution in [0.3, 0.4) is 0 Å². The standard InChI is InChI=1S/C12H15NO3/c1-12(2)11(14)7-5-9(15-3)10(16-4)6-8(7)13-12/h5-6,13H,1-4H3. The molecule has 1 aliphatic rings. The molecule has 0 atom stereocenters. The van der Waals surface area contributed by atoms with Gasteiger partial charge in [-0.25, -0.2) is 0 Å². The van der Waals surface area contributed by atoms with Crippen LogP contribution in [0.4, 0.5) is 5.69 Å². The highest BCUT2D eigenvalue weighted by Crippen LogP contribution is 2.39. The normalized spacial score (nSPS) is 16.6. The third kappa shape index (κ3) is 1.41. The van der Waals surface area contributed by atoms with Crippen molar-refractivity contribution in [3.05, 3.63) is 17.7 Å². The number of rotatable bonds is 2. The number of Topliss-reactive ketones (excluding diaryl/α,β-unsaturated/α-hetero) is 1. The molecule has 0 saturated heterocycles. The van der Waals surface area contributed by atoms with E-state index in [4.69, 9.17) is 9.47 Å². The van der Waals surface area contributed by atoms with Crippen molar-refractivity contribution in [3.8, 4) is 11.5 Å². The Labute approximate surface area is 94.6 Å². The molecule has 4 heteroatoms. The van der Waals surface area contributed by atoms with E-state index in [0.717, 1.165) is 5.69 Å². The maximum atomic E-state index is 12.0. The highest BCUT2D eigenvalue weighted by atomic mass is 16.5. The number of carbonyl (C=O) groups is 1. The van der Waals surface area contributed by atoms with E-state index in [-0.39, 0.29) is 5.78 Å². The quantitative estimate of drug-likeness (QED) is 0.830. The fraction of sp³-hybridized carbons (Fsp3) is 0.417. The average molecular weight is 221 g/mol. The van der Waals surface area contributed by atoms with Crippen LogP contribution in [0, 0.1) is 0 Å². The van der Waals surface area contributed by atoms with Gasteiger partial charge in [-0.15, -0.1) is 0 Å². The summed E-state index contributed by atoms with van der Waals surface area (Å²) >= 11 is 0. The fourth-order valence-corrected chi connectivity index (χ4v) is 1.90. The Morgan fingerprint density at radius 3 is 2.25 bits per heavy atom. The highest BCUT2D eigenvalue weighted by molar-refractivity contribution is 6.13. The van der Waals surface area contributed by atoms with Crippen molar-refractivity contribution < 1.29 is 14.3 Å². The molecule has 16 heavy (non-hydrogen) atoms. The predicted octanol–water partition coefficient (Wildman–Crippen LogP) is 2.09. The molecule has 0 unspecified atom stereocenters. The molecule has 1 aliphatic heterocycles. The number of hydrogen-bond acceptors (Lipinski definition) is 4. The maximum absolute atomic E-state index is 12.0. The molecule has 0 bridgehead atoms. The van der Waals surface area contributed by atoms with E-state index in [1.165, 1.54) is 0 Å². The van der Waals surface area contributed by atoms with E-state index >= 15 is 0 Å². The summed E-state index contributed by atoms with van der Waals surface area (Å²) in [5.41, 5.74) is 0.898. The maximum Gasteiger partial charge on any atom is 0.189 e. The topological polar surface area (TPSA) is 47.6 Å². The van der Waals surface area contributed by atoms with Crippen LogP contribution >= 0.6 is 0 Å². The molecule has 1 aromatic rings. The number of benzene rings is 1. The minimum absolute atomic E-state index is 0.0726. The van der Waals surface area contributed by atoms with Gasteiger partial charge in [0, 0.05) is 17.3 Å². The lowest BCUT2D eigenvalue weighted by molar-refractivity contribution is 0.0939. The van der Waals surface area contributed by atoms with E-state index in [0.29, 0.717) is 17.1 Å². The van der Waals surface area contributed by atoms with Crippen molar-refractivity contribution in [3.63, 3.8) is 0 Å². The summed E-state index contributed by atoms with van der Waals surface area (Å²) in [5, 5.41) is 3.16. The van der Waals surface area contributed by atoms with Gasteiger partial charge in [0.1, 0.15) is 0 Å². The summed E-state index contributed by atoms with van der Waals surface area (Å²) in [6.07, 6.45) is 0. The van der Waals surface area contributed by atoms with E-state index in [1.807, 2.05) is 13.8 Å². The Morgan fingerprint density at radius 1 is 1.12 bits per heavy atom. The van der Waals surface area contributed by atoms with Crippen molar-refractivity contribution in [1.29, 1.82) is 0 Å². The molecular weight excluding hydrogens is 206 g/mol. The fourth-order valence-electron chi connectivity index (χ4n) is 1.90. The average Bonchev–Trinajstić information content (AvgIpc) is 2.48. The Balaban J connectivity index is 2.56. The molecule has 4 nitrogen and oxygen atoms in total. The van der Waals surface area contributed by atoms with Crippen molar-refractivity contribution >= 4 is 11.5 Å². The molecule has 0 aromatic heterocycles. The molecule has 1 heterocycles. The Bertz CT molecular complexity index is 452. The van der Waals surface area contributed by atoms with Gasteiger partial charge in [0.05, 0.1) is 19.8 Å². The monoisotopic (exact) mass is 221 g/mol. The number of nitrogens with one attached hydrogen (secondary N) is 1. The molecule has 0 amide bonds. The highest BCUT2D eigenvalue weighted by Gasteiger charge is 2.37. The van der Waals surface area contributed by atoms with Crippen LogP contribution in [0.15, 0.2) is 12.1 Å². The Morgan fingerprint density at radius 2 is 1.69 bits per heavy atom. The van der Waals surface area contributed by atoms with Gasteiger partial charge in [0.15, 0.2) is 17.3 Å². The molecule has 0 spiro atoms. The van der Waals surface area contributed by atoms with Crippen LogP contribution in [0.25, 0.3) is 0 Å². The predicted molar refractivity (Wildman–Crippen MR) is 61.6 cm³/mol. The summed E-state index contributed by atoms with van der Waals surface area (Å²) in [5.74, 6) is 1.27. The minimum atomic E-state index is -0.556. The second-order valence-corrected chi connectivity index (χ2v) is 4.33. The van der Waals surface area contributed by atoms with Crippen LogP contribution < -0.4 is 14.8 Å². The van der Waals surface area contributed by atoms with Gasteiger partial charge in [0.2, 0.25) is 0 Å². The number of carbonyl (C=O) groups excluding carboxylic acids is 1.